The molecule has 94 valence electrons. The summed E-state index contributed by atoms with van der Waals surface area (Å²) in [7, 11) is 0. The molecule has 2 aliphatic heterocycles. The first-order valence-corrected chi connectivity index (χ1v) is 7.35. The molecule has 2 fully saturated rings. The lowest BCUT2D eigenvalue weighted by molar-refractivity contribution is 0.0969. The van der Waals surface area contributed by atoms with E-state index in [4.69, 9.17) is 0 Å². The molecule has 17 heavy (non-hydrogen) atoms. The molecule has 0 radical (unpaired) electrons. The summed E-state index contributed by atoms with van der Waals surface area (Å²) < 4.78 is 0. The third-order valence-corrected chi connectivity index (χ3v) is 5.64. The van der Waals surface area contributed by atoms with Crippen LogP contribution in [0.25, 0.3) is 0 Å². The molecule has 3 heterocycles. The predicted molar refractivity (Wildman–Crippen MR) is 71.2 cm³/mol. The van der Waals surface area contributed by atoms with Crippen LogP contribution in [-0.4, -0.2) is 35.1 Å². The van der Waals surface area contributed by atoms with E-state index in [0.717, 1.165) is 11.8 Å². The van der Waals surface area contributed by atoms with Crippen LogP contribution in [0.3, 0.4) is 0 Å². The summed E-state index contributed by atoms with van der Waals surface area (Å²) >= 11 is 1.78. The van der Waals surface area contributed by atoms with Gasteiger partial charge in [-0.3, -0.25) is 4.90 Å². The van der Waals surface area contributed by atoms with Gasteiger partial charge in [-0.2, -0.15) is 0 Å². The maximum atomic E-state index is 4.48. The van der Waals surface area contributed by atoms with Crippen LogP contribution in [0.5, 0.6) is 0 Å². The van der Waals surface area contributed by atoms with Gasteiger partial charge in [0.2, 0.25) is 0 Å². The normalized spacial score (nSPS) is 33.8. The highest BCUT2D eigenvalue weighted by molar-refractivity contribution is 7.09. The second-order valence-corrected chi connectivity index (χ2v) is 6.80. The first kappa shape index (κ1) is 11.6. The summed E-state index contributed by atoms with van der Waals surface area (Å²) in [4.78, 5) is 7.14. The molecule has 1 aromatic rings. The number of hydrogen-bond acceptors (Lipinski definition) is 4. The van der Waals surface area contributed by atoms with Crippen LogP contribution < -0.4 is 5.32 Å². The number of hydrogen-bond donors (Lipinski definition) is 1. The van der Waals surface area contributed by atoms with E-state index in [1.165, 1.54) is 24.6 Å². The summed E-state index contributed by atoms with van der Waals surface area (Å²) in [5.74, 6) is 1.62. The Hall–Kier alpha value is -0.450. The quantitative estimate of drug-likeness (QED) is 0.873. The third kappa shape index (κ3) is 1.74. The van der Waals surface area contributed by atoms with E-state index in [1.54, 1.807) is 11.3 Å². The highest BCUT2D eigenvalue weighted by Gasteiger charge is 2.51. The van der Waals surface area contributed by atoms with Crippen LogP contribution in [0.15, 0.2) is 11.6 Å². The molecule has 2 saturated heterocycles. The Balaban J connectivity index is 1.85. The van der Waals surface area contributed by atoms with Crippen LogP contribution in [0.2, 0.25) is 0 Å². The average molecular weight is 251 g/mol. The van der Waals surface area contributed by atoms with Crippen molar-refractivity contribution in [3.05, 3.63) is 16.6 Å². The van der Waals surface area contributed by atoms with Crippen molar-refractivity contribution in [3.8, 4) is 0 Å². The average Bonchev–Trinajstić information content (AvgIpc) is 2.97. The van der Waals surface area contributed by atoms with Crippen molar-refractivity contribution >= 4 is 11.3 Å². The Morgan fingerprint density at radius 3 is 3.00 bits per heavy atom. The molecule has 1 aromatic heterocycles. The smallest absolute Gasteiger partial charge is 0.109 e. The second-order valence-electron chi connectivity index (χ2n) is 5.88. The van der Waals surface area contributed by atoms with Gasteiger partial charge in [0.1, 0.15) is 5.01 Å². The van der Waals surface area contributed by atoms with Crippen LogP contribution in [0.4, 0.5) is 0 Å². The van der Waals surface area contributed by atoms with E-state index in [0.29, 0.717) is 11.6 Å². The molecule has 0 bridgehead atoms. The maximum absolute atomic E-state index is 4.48. The van der Waals surface area contributed by atoms with E-state index in [-0.39, 0.29) is 0 Å². The number of rotatable bonds is 2. The van der Waals surface area contributed by atoms with Crippen LogP contribution in [0.1, 0.15) is 31.8 Å². The molecule has 3 unspecified atom stereocenters. The highest BCUT2D eigenvalue weighted by Crippen LogP contribution is 2.44. The zero-order valence-corrected chi connectivity index (χ0v) is 11.6. The van der Waals surface area contributed by atoms with Crippen LogP contribution in [-0.2, 0) is 0 Å². The summed E-state index contributed by atoms with van der Waals surface area (Å²) in [6, 6.07) is 0.454. The van der Waals surface area contributed by atoms with Gasteiger partial charge < -0.3 is 5.32 Å². The zero-order valence-electron chi connectivity index (χ0n) is 10.8. The molecule has 0 spiro atoms. The van der Waals surface area contributed by atoms with Gasteiger partial charge in [0.05, 0.1) is 6.04 Å². The third-order valence-electron chi connectivity index (χ3n) is 4.69. The Morgan fingerprint density at radius 1 is 1.53 bits per heavy atom. The van der Waals surface area contributed by atoms with Gasteiger partial charge in [-0.25, -0.2) is 4.98 Å². The molecule has 3 rings (SSSR count). The van der Waals surface area contributed by atoms with Gasteiger partial charge in [-0.05, 0) is 39.2 Å². The molecule has 0 saturated carbocycles. The molecular formula is C13H21N3S. The summed E-state index contributed by atoms with van der Waals surface area (Å²) in [6.07, 6.45) is 1.92. The van der Waals surface area contributed by atoms with Crippen molar-refractivity contribution in [1.29, 1.82) is 0 Å². The fourth-order valence-corrected chi connectivity index (χ4v) is 4.39. The SMILES string of the molecule is CC(c1nccs1)N1CC2CNCC2C1(C)C. The molecule has 3 atom stereocenters. The number of thiazole rings is 1. The van der Waals surface area contributed by atoms with Crippen molar-refractivity contribution in [2.45, 2.75) is 32.4 Å². The lowest BCUT2D eigenvalue weighted by atomic mass is 9.84. The first-order valence-electron chi connectivity index (χ1n) is 6.47. The van der Waals surface area contributed by atoms with Gasteiger partial charge >= 0.3 is 0 Å². The van der Waals surface area contributed by atoms with Gasteiger partial charge in [-0.15, -0.1) is 11.3 Å². The number of nitrogens with zero attached hydrogens (tertiary/aromatic N) is 2. The lowest BCUT2D eigenvalue weighted by Crippen LogP contribution is -2.45. The predicted octanol–water partition coefficient (Wildman–Crippen LogP) is 2.13. The minimum absolute atomic E-state index is 0.291. The number of nitrogens with one attached hydrogen (secondary N) is 1. The second kappa shape index (κ2) is 4.04. The van der Waals surface area contributed by atoms with E-state index >= 15 is 0 Å². The minimum atomic E-state index is 0.291. The molecule has 1 N–H and O–H groups in total. The molecule has 0 amide bonds. The summed E-state index contributed by atoms with van der Waals surface area (Å²) in [5, 5.41) is 6.87. The van der Waals surface area contributed by atoms with Gasteiger partial charge in [-0.1, -0.05) is 0 Å². The Bertz CT molecular complexity index is 387. The van der Waals surface area contributed by atoms with Crippen LogP contribution in [0, 0.1) is 11.8 Å². The van der Waals surface area contributed by atoms with Crippen molar-refractivity contribution in [2.24, 2.45) is 11.8 Å². The summed E-state index contributed by atoms with van der Waals surface area (Å²) in [5.41, 5.74) is 0.291. The molecule has 3 nitrogen and oxygen atoms in total. The van der Waals surface area contributed by atoms with Gasteiger partial charge in [0.25, 0.3) is 0 Å². The molecule has 0 aromatic carbocycles. The fraction of sp³-hybridized carbons (Fsp3) is 0.769. The first-order chi connectivity index (χ1) is 8.10. The fourth-order valence-electron chi connectivity index (χ4n) is 3.68. The van der Waals surface area contributed by atoms with E-state index in [2.05, 4.69) is 41.4 Å². The van der Waals surface area contributed by atoms with E-state index in [9.17, 15) is 0 Å². The number of likely N-dealkylation sites (tertiary alicyclic amines) is 1. The molecular weight excluding hydrogens is 230 g/mol. The van der Waals surface area contributed by atoms with Crippen molar-refractivity contribution in [3.63, 3.8) is 0 Å². The van der Waals surface area contributed by atoms with Crippen molar-refractivity contribution in [1.82, 2.24) is 15.2 Å². The highest BCUT2D eigenvalue weighted by atomic mass is 32.1. The van der Waals surface area contributed by atoms with Crippen molar-refractivity contribution in [2.75, 3.05) is 19.6 Å². The zero-order chi connectivity index (χ0) is 12.0. The Morgan fingerprint density at radius 2 is 2.35 bits per heavy atom. The maximum Gasteiger partial charge on any atom is 0.109 e. The standard InChI is InChI=1S/C13H21N3S/c1-9(12-15-4-5-17-12)16-8-10-6-14-7-11(10)13(16,2)3/h4-5,9-11,14H,6-8H2,1-3H3. The largest absolute Gasteiger partial charge is 0.316 e. The number of aromatic nitrogens is 1. The Labute approximate surface area is 107 Å². The minimum Gasteiger partial charge on any atom is -0.316 e. The van der Waals surface area contributed by atoms with Gasteiger partial charge in [0.15, 0.2) is 0 Å². The van der Waals surface area contributed by atoms with Crippen molar-refractivity contribution < 1.29 is 0 Å². The summed E-state index contributed by atoms with van der Waals surface area (Å²) in [6.45, 7) is 10.7. The lowest BCUT2D eigenvalue weighted by Gasteiger charge is -2.39. The molecule has 4 heteroatoms. The topological polar surface area (TPSA) is 28.2 Å². The van der Waals surface area contributed by atoms with Crippen LogP contribution >= 0.6 is 11.3 Å². The van der Waals surface area contributed by atoms with E-state index in [1.807, 2.05) is 6.20 Å². The van der Waals surface area contributed by atoms with E-state index < -0.39 is 0 Å². The monoisotopic (exact) mass is 251 g/mol. The molecule has 2 aliphatic rings. The number of fused-ring (bicyclic) bond motifs is 1. The molecule has 0 aliphatic carbocycles. The Kier molecular flexibility index (Phi) is 2.76. The van der Waals surface area contributed by atoms with Gasteiger partial charge in [0, 0.05) is 30.2 Å².